The molecule has 0 aromatic rings. The number of aliphatic hydroxyl groups is 3. The lowest BCUT2D eigenvalue weighted by molar-refractivity contribution is -0.208. The fraction of sp³-hybridized carbons (Fsp3) is 0.956. The standard InChI is InChI=1S/C23H38O5S.C22H36O3/c1-15-7-10-21(2)16(13-15)5-6-18-17(21)8-11-22(3)19(9-12-23(18,22)25)20(24)14-28-29(4,26)27;1-14-6-9-20(2)15(12-14)4-5-17-16(20)7-10-21(3)18(19(24)13-23)8-11-22(17,21)25/h15-19,25H,5-14H2,1-4H3;14-18,23,25H,4-13H2,1-3H3/t15-,16+,17?,18?,19+,21-,22+,23-;14-,15+,16?,17?,18+,20-,21+,22-/m00/s1. The maximum atomic E-state index is 12.9. The number of hydrogen-bond donors (Lipinski definition) is 3. The van der Waals surface area contributed by atoms with Gasteiger partial charge in [-0.05, 0) is 161 Å². The van der Waals surface area contributed by atoms with Crippen molar-refractivity contribution < 1.29 is 37.5 Å². The average Bonchev–Trinajstić information content (AvgIpc) is 3.56. The highest BCUT2D eigenvalue weighted by Gasteiger charge is 2.69. The van der Waals surface area contributed by atoms with Gasteiger partial charge in [-0.3, -0.25) is 13.8 Å². The summed E-state index contributed by atoms with van der Waals surface area (Å²) in [6.07, 6.45) is 20.3. The van der Waals surface area contributed by atoms with Gasteiger partial charge in [0, 0.05) is 22.7 Å². The Balaban J connectivity index is 0.000000168. The second-order valence-electron chi connectivity index (χ2n) is 21.7. The Morgan fingerprint density at radius 1 is 0.593 bits per heavy atom. The van der Waals surface area contributed by atoms with Crippen LogP contribution in [0, 0.1) is 80.8 Å². The molecule has 9 heteroatoms. The first kappa shape index (κ1) is 41.3. The van der Waals surface area contributed by atoms with E-state index in [1.807, 2.05) is 0 Å². The smallest absolute Gasteiger partial charge is 0.264 e. The van der Waals surface area contributed by atoms with E-state index in [1.165, 1.54) is 51.4 Å². The molecule has 0 amide bonds. The van der Waals surface area contributed by atoms with Gasteiger partial charge >= 0.3 is 0 Å². The van der Waals surface area contributed by atoms with E-state index in [0.717, 1.165) is 81.3 Å². The molecule has 8 nitrogen and oxygen atoms in total. The van der Waals surface area contributed by atoms with Gasteiger partial charge in [-0.15, -0.1) is 0 Å². The van der Waals surface area contributed by atoms with E-state index >= 15 is 0 Å². The summed E-state index contributed by atoms with van der Waals surface area (Å²) >= 11 is 0. The lowest BCUT2D eigenvalue weighted by atomic mass is 9.43. The third-order valence-corrected chi connectivity index (χ3v) is 20.1. The molecule has 3 N–H and O–H groups in total. The molecule has 8 aliphatic rings. The predicted octanol–water partition coefficient (Wildman–Crippen LogP) is 7.90. The van der Waals surface area contributed by atoms with Gasteiger partial charge in [0.2, 0.25) is 0 Å². The quantitative estimate of drug-likeness (QED) is 0.232. The van der Waals surface area contributed by atoms with Gasteiger partial charge in [0.15, 0.2) is 11.6 Å². The molecule has 308 valence electrons. The fourth-order valence-electron chi connectivity index (χ4n) is 16.3. The Morgan fingerprint density at radius 3 is 1.43 bits per heavy atom. The first-order chi connectivity index (χ1) is 25.2. The van der Waals surface area contributed by atoms with Gasteiger partial charge in [0.25, 0.3) is 10.1 Å². The Bertz CT molecular complexity index is 1560. The van der Waals surface area contributed by atoms with Crippen molar-refractivity contribution >= 4 is 21.7 Å². The molecule has 8 rings (SSSR count). The summed E-state index contributed by atoms with van der Waals surface area (Å²) in [5.74, 6) is 4.31. The van der Waals surface area contributed by atoms with Crippen LogP contribution in [-0.2, 0) is 23.9 Å². The molecule has 54 heavy (non-hydrogen) atoms. The highest BCUT2D eigenvalue weighted by atomic mass is 32.2. The molecule has 4 unspecified atom stereocenters. The third-order valence-electron chi connectivity index (χ3n) is 19.6. The van der Waals surface area contributed by atoms with Crippen LogP contribution < -0.4 is 0 Å². The Labute approximate surface area is 326 Å². The maximum Gasteiger partial charge on any atom is 0.264 e. The van der Waals surface area contributed by atoms with Crippen LogP contribution in [0.3, 0.4) is 0 Å². The van der Waals surface area contributed by atoms with E-state index in [4.69, 9.17) is 4.18 Å². The minimum atomic E-state index is -3.64. The molecule has 8 saturated carbocycles. The van der Waals surface area contributed by atoms with E-state index in [-0.39, 0.29) is 41.3 Å². The van der Waals surface area contributed by atoms with Crippen LogP contribution in [0.15, 0.2) is 0 Å². The van der Waals surface area contributed by atoms with E-state index < -0.39 is 33.3 Å². The van der Waals surface area contributed by atoms with Crippen LogP contribution in [0.2, 0.25) is 0 Å². The van der Waals surface area contributed by atoms with Crippen molar-refractivity contribution in [1.29, 1.82) is 0 Å². The molecule has 8 aliphatic carbocycles. The zero-order valence-electron chi connectivity index (χ0n) is 34.7. The number of hydrogen-bond acceptors (Lipinski definition) is 8. The molecular formula is C45H74O8S. The summed E-state index contributed by atoms with van der Waals surface area (Å²) in [5, 5.41) is 33.4. The summed E-state index contributed by atoms with van der Waals surface area (Å²) in [6, 6.07) is 0. The largest absolute Gasteiger partial charge is 0.389 e. The zero-order valence-corrected chi connectivity index (χ0v) is 35.5. The first-order valence-electron chi connectivity index (χ1n) is 22.1. The molecule has 0 aromatic heterocycles. The Morgan fingerprint density at radius 2 is 1.02 bits per heavy atom. The van der Waals surface area contributed by atoms with E-state index in [1.54, 1.807) is 0 Å². The topological polar surface area (TPSA) is 138 Å². The number of ketones is 2. The van der Waals surface area contributed by atoms with Gasteiger partial charge in [-0.2, -0.15) is 8.42 Å². The van der Waals surface area contributed by atoms with Crippen LogP contribution in [0.4, 0.5) is 0 Å². The van der Waals surface area contributed by atoms with Crippen molar-refractivity contribution in [1.82, 2.24) is 0 Å². The number of Topliss-reactive ketones (excluding diaryl/α,β-unsaturated/α-hetero) is 2. The highest BCUT2D eigenvalue weighted by molar-refractivity contribution is 7.86. The van der Waals surface area contributed by atoms with Crippen LogP contribution in [0.5, 0.6) is 0 Å². The van der Waals surface area contributed by atoms with Gasteiger partial charge in [0.1, 0.15) is 13.2 Å². The molecular weight excluding hydrogens is 701 g/mol. The highest BCUT2D eigenvalue weighted by Crippen LogP contribution is 2.71. The SMILES string of the molecule is C[C@H]1CC[C@]2(C)C3CC[C@]4(C)[C@@H](C(=O)CO)CC[C@]4(O)C3CC[C@@H]2C1.C[C@H]1CC[C@]2(C)C3CC[C@]4(C)[C@@H](C(=O)COS(C)(=O)=O)CC[C@]4(O)C3CC[C@@H]2C1. The number of carbonyl (C=O) groups excluding carboxylic acids is 2. The van der Waals surface area contributed by atoms with Crippen molar-refractivity contribution in [2.75, 3.05) is 19.5 Å². The third kappa shape index (κ3) is 6.27. The molecule has 0 saturated heterocycles. The monoisotopic (exact) mass is 775 g/mol. The number of fused-ring (bicyclic) bond motifs is 10. The van der Waals surface area contributed by atoms with Crippen molar-refractivity contribution in [3.63, 3.8) is 0 Å². The van der Waals surface area contributed by atoms with Crippen molar-refractivity contribution in [2.45, 2.75) is 168 Å². The van der Waals surface area contributed by atoms with Crippen molar-refractivity contribution in [3.05, 3.63) is 0 Å². The molecule has 0 aliphatic heterocycles. The van der Waals surface area contributed by atoms with Crippen LogP contribution in [0.1, 0.15) is 157 Å². The Hall–Kier alpha value is -0.870. The summed E-state index contributed by atoms with van der Waals surface area (Å²) in [6.45, 7) is 13.2. The minimum absolute atomic E-state index is 0.0525. The summed E-state index contributed by atoms with van der Waals surface area (Å²) < 4.78 is 27.5. The van der Waals surface area contributed by atoms with Crippen LogP contribution in [-0.4, -0.2) is 66.0 Å². The van der Waals surface area contributed by atoms with Gasteiger partial charge in [0.05, 0.1) is 17.5 Å². The lowest BCUT2D eigenvalue weighted by Gasteiger charge is -2.63. The number of carbonyl (C=O) groups is 2. The summed E-state index contributed by atoms with van der Waals surface area (Å²) in [7, 11) is -3.64. The van der Waals surface area contributed by atoms with E-state index in [0.29, 0.717) is 41.4 Å². The molecule has 0 aromatic carbocycles. The van der Waals surface area contributed by atoms with E-state index in [9.17, 15) is 33.3 Å². The molecule has 8 fully saturated rings. The van der Waals surface area contributed by atoms with Gasteiger partial charge < -0.3 is 15.3 Å². The van der Waals surface area contributed by atoms with Crippen molar-refractivity contribution in [3.8, 4) is 0 Å². The minimum Gasteiger partial charge on any atom is -0.389 e. The van der Waals surface area contributed by atoms with E-state index in [2.05, 4.69) is 41.5 Å². The number of rotatable bonds is 6. The van der Waals surface area contributed by atoms with Crippen molar-refractivity contribution in [2.24, 2.45) is 80.8 Å². The maximum absolute atomic E-state index is 12.9. The van der Waals surface area contributed by atoms with Gasteiger partial charge in [-0.25, -0.2) is 0 Å². The van der Waals surface area contributed by atoms with Gasteiger partial charge in [-0.1, -0.05) is 54.4 Å². The fourth-order valence-corrected chi connectivity index (χ4v) is 16.6. The average molecular weight is 775 g/mol. The molecule has 0 radical (unpaired) electrons. The molecule has 0 spiro atoms. The molecule has 0 bridgehead atoms. The second-order valence-corrected chi connectivity index (χ2v) is 23.4. The first-order valence-corrected chi connectivity index (χ1v) is 23.9. The molecule has 16 atom stereocenters. The van der Waals surface area contributed by atoms with Crippen LogP contribution in [0.25, 0.3) is 0 Å². The zero-order chi connectivity index (χ0) is 39.3. The predicted molar refractivity (Wildman–Crippen MR) is 210 cm³/mol. The normalized spacial score (nSPS) is 52.3. The van der Waals surface area contributed by atoms with Crippen LogP contribution >= 0.6 is 0 Å². The molecule has 0 heterocycles. The Kier molecular flexibility index (Phi) is 10.8. The second kappa shape index (κ2) is 14.2. The summed E-state index contributed by atoms with van der Waals surface area (Å²) in [5.41, 5.74) is -1.64. The lowest BCUT2D eigenvalue weighted by Crippen LogP contribution is -2.62. The summed E-state index contributed by atoms with van der Waals surface area (Å²) in [4.78, 5) is 25.2. The number of aliphatic hydroxyl groups excluding tert-OH is 1.